The van der Waals surface area contributed by atoms with Crippen LogP contribution in [0.2, 0.25) is 0 Å². The summed E-state index contributed by atoms with van der Waals surface area (Å²) in [6, 6.07) is -0.344. The van der Waals surface area contributed by atoms with Crippen LogP contribution in [0.5, 0.6) is 0 Å². The molecular weight excluding hydrogens is 228 g/mol. The molecule has 0 radical (unpaired) electrons. The van der Waals surface area contributed by atoms with Crippen LogP contribution in [-0.4, -0.2) is 34.8 Å². The van der Waals surface area contributed by atoms with Crippen LogP contribution in [0.15, 0.2) is 0 Å². The van der Waals surface area contributed by atoms with E-state index in [4.69, 9.17) is 0 Å². The summed E-state index contributed by atoms with van der Waals surface area (Å²) in [4.78, 5) is 26.8. The van der Waals surface area contributed by atoms with Crippen molar-refractivity contribution in [1.82, 2.24) is 10.2 Å². The second kappa shape index (κ2) is 4.25. The maximum atomic E-state index is 12.4. The largest absolute Gasteiger partial charge is 0.343 e. The maximum Gasteiger partial charge on any atom is 0.246 e. The summed E-state index contributed by atoms with van der Waals surface area (Å²) >= 11 is 0. The first-order valence-corrected chi connectivity index (χ1v) is 7.26. The number of nitrogens with zero attached hydrogens (tertiary/aromatic N) is 1. The molecule has 1 aliphatic heterocycles. The van der Waals surface area contributed by atoms with Crippen LogP contribution >= 0.6 is 0 Å². The number of nitrogens with one attached hydrogen (secondary N) is 1. The van der Waals surface area contributed by atoms with Crippen molar-refractivity contribution < 1.29 is 9.59 Å². The van der Waals surface area contributed by atoms with Gasteiger partial charge in [-0.25, -0.2) is 0 Å². The highest BCUT2D eigenvalue weighted by Crippen LogP contribution is 2.40. The number of hydrogen-bond donors (Lipinski definition) is 1. The van der Waals surface area contributed by atoms with E-state index in [0.717, 1.165) is 32.2 Å². The van der Waals surface area contributed by atoms with Gasteiger partial charge in [0.15, 0.2) is 0 Å². The summed E-state index contributed by atoms with van der Waals surface area (Å²) in [5, 5.41) is 2.88. The number of piperazine rings is 1. The molecule has 0 aromatic carbocycles. The Balaban J connectivity index is 1.89. The third-order valence-corrected chi connectivity index (χ3v) is 4.74. The predicted octanol–water partition coefficient (Wildman–Crippen LogP) is 1.45. The number of hydrogen-bond acceptors (Lipinski definition) is 2. The summed E-state index contributed by atoms with van der Waals surface area (Å²) in [6.45, 7) is 2.60. The van der Waals surface area contributed by atoms with Crippen LogP contribution in [0, 0.1) is 5.92 Å². The Labute approximate surface area is 108 Å². The molecule has 1 saturated heterocycles. The zero-order valence-corrected chi connectivity index (χ0v) is 11.1. The summed E-state index contributed by atoms with van der Waals surface area (Å²) in [5.74, 6) is 0.865. The fourth-order valence-electron chi connectivity index (χ4n) is 3.42. The van der Waals surface area contributed by atoms with Gasteiger partial charge in [-0.1, -0.05) is 19.3 Å². The second-order valence-electron chi connectivity index (χ2n) is 6.18. The molecule has 3 fully saturated rings. The van der Waals surface area contributed by atoms with Gasteiger partial charge in [0.1, 0.15) is 11.6 Å². The van der Waals surface area contributed by atoms with E-state index in [9.17, 15) is 9.59 Å². The molecule has 1 atom stereocenters. The monoisotopic (exact) mass is 250 g/mol. The quantitative estimate of drug-likeness (QED) is 0.806. The minimum atomic E-state index is -0.509. The molecule has 100 valence electrons. The predicted molar refractivity (Wildman–Crippen MR) is 67.9 cm³/mol. The Hall–Kier alpha value is -1.06. The zero-order valence-electron chi connectivity index (χ0n) is 11.1. The lowest BCUT2D eigenvalue weighted by molar-refractivity contribution is -0.159. The van der Waals surface area contributed by atoms with Crippen molar-refractivity contribution in [2.24, 2.45) is 5.92 Å². The molecule has 2 aliphatic carbocycles. The van der Waals surface area contributed by atoms with E-state index >= 15 is 0 Å². The van der Waals surface area contributed by atoms with E-state index in [0.29, 0.717) is 5.92 Å². The summed E-state index contributed by atoms with van der Waals surface area (Å²) in [5.41, 5.74) is -0.509. The third kappa shape index (κ3) is 1.82. The first-order chi connectivity index (χ1) is 8.63. The normalized spacial score (nSPS) is 31.6. The standard InChI is InChI=1S/C14H22N2O2/c1-10-12(17)16(9-11-5-6-11)14(13(18)15-10)7-3-2-4-8-14/h10-11H,2-9H2,1H3,(H,15,18). The molecule has 3 rings (SSSR count). The van der Waals surface area contributed by atoms with Gasteiger partial charge in [-0.3, -0.25) is 9.59 Å². The van der Waals surface area contributed by atoms with Crippen molar-refractivity contribution in [3.8, 4) is 0 Å². The van der Waals surface area contributed by atoms with Crippen LogP contribution < -0.4 is 5.32 Å². The van der Waals surface area contributed by atoms with Gasteiger partial charge in [0.2, 0.25) is 11.8 Å². The average molecular weight is 250 g/mol. The first kappa shape index (κ1) is 12.0. The minimum Gasteiger partial charge on any atom is -0.343 e. The minimum absolute atomic E-state index is 0.0925. The van der Waals surface area contributed by atoms with Gasteiger partial charge in [0.25, 0.3) is 0 Å². The molecule has 0 bridgehead atoms. The Bertz CT molecular complexity index is 370. The van der Waals surface area contributed by atoms with Crippen molar-refractivity contribution in [2.75, 3.05) is 6.54 Å². The fourth-order valence-corrected chi connectivity index (χ4v) is 3.42. The van der Waals surface area contributed by atoms with Gasteiger partial charge in [-0.05, 0) is 38.5 Å². The molecule has 2 saturated carbocycles. The SMILES string of the molecule is CC1NC(=O)C2(CCCCC2)N(CC2CC2)C1=O. The molecule has 1 heterocycles. The van der Waals surface area contributed by atoms with Gasteiger partial charge >= 0.3 is 0 Å². The second-order valence-corrected chi connectivity index (χ2v) is 6.18. The Morgan fingerprint density at radius 1 is 1.22 bits per heavy atom. The van der Waals surface area contributed by atoms with Crippen LogP contribution in [0.25, 0.3) is 0 Å². The van der Waals surface area contributed by atoms with Gasteiger partial charge in [0.05, 0.1) is 0 Å². The summed E-state index contributed by atoms with van der Waals surface area (Å²) < 4.78 is 0. The summed E-state index contributed by atoms with van der Waals surface area (Å²) in [7, 11) is 0. The zero-order chi connectivity index (χ0) is 12.8. The molecule has 1 unspecified atom stereocenters. The van der Waals surface area contributed by atoms with Gasteiger partial charge in [0, 0.05) is 6.54 Å². The molecule has 2 amide bonds. The highest BCUT2D eigenvalue weighted by Gasteiger charge is 2.52. The Kier molecular flexibility index (Phi) is 2.83. The molecule has 18 heavy (non-hydrogen) atoms. The molecule has 1 N–H and O–H groups in total. The molecule has 4 nitrogen and oxygen atoms in total. The van der Waals surface area contributed by atoms with Crippen LogP contribution in [-0.2, 0) is 9.59 Å². The highest BCUT2D eigenvalue weighted by atomic mass is 16.2. The van der Waals surface area contributed by atoms with Gasteiger partial charge in [-0.15, -0.1) is 0 Å². The van der Waals surface area contributed by atoms with Crippen LogP contribution in [0.4, 0.5) is 0 Å². The molecule has 0 aromatic heterocycles. The maximum absolute atomic E-state index is 12.4. The van der Waals surface area contributed by atoms with Crippen LogP contribution in [0.3, 0.4) is 0 Å². The molecule has 1 spiro atoms. The Morgan fingerprint density at radius 3 is 2.50 bits per heavy atom. The van der Waals surface area contributed by atoms with Gasteiger partial charge in [-0.2, -0.15) is 0 Å². The van der Waals surface area contributed by atoms with E-state index in [-0.39, 0.29) is 17.9 Å². The lowest BCUT2D eigenvalue weighted by Gasteiger charge is -2.49. The topological polar surface area (TPSA) is 49.4 Å². The molecule has 4 heteroatoms. The first-order valence-electron chi connectivity index (χ1n) is 7.26. The van der Waals surface area contributed by atoms with Crippen molar-refractivity contribution in [3.05, 3.63) is 0 Å². The third-order valence-electron chi connectivity index (χ3n) is 4.74. The van der Waals surface area contributed by atoms with Crippen molar-refractivity contribution >= 4 is 11.8 Å². The smallest absolute Gasteiger partial charge is 0.246 e. The van der Waals surface area contributed by atoms with Crippen molar-refractivity contribution in [1.29, 1.82) is 0 Å². The average Bonchev–Trinajstić information content (AvgIpc) is 3.18. The van der Waals surface area contributed by atoms with Crippen LogP contribution in [0.1, 0.15) is 51.9 Å². The lowest BCUT2D eigenvalue weighted by atomic mass is 9.77. The number of rotatable bonds is 2. The van der Waals surface area contributed by atoms with E-state index in [1.54, 1.807) is 6.92 Å². The van der Waals surface area contributed by atoms with E-state index in [1.165, 1.54) is 19.3 Å². The molecule has 0 aromatic rings. The highest BCUT2D eigenvalue weighted by molar-refractivity contribution is 5.99. The van der Waals surface area contributed by atoms with Gasteiger partial charge < -0.3 is 10.2 Å². The summed E-state index contributed by atoms with van der Waals surface area (Å²) in [6.07, 6.45) is 7.46. The fraction of sp³-hybridized carbons (Fsp3) is 0.857. The molecular formula is C14H22N2O2. The Morgan fingerprint density at radius 2 is 1.89 bits per heavy atom. The van der Waals surface area contributed by atoms with Crippen molar-refractivity contribution in [3.63, 3.8) is 0 Å². The number of amides is 2. The van der Waals surface area contributed by atoms with E-state index in [1.807, 2.05) is 4.90 Å². The van der Waals surface area contributed by atoms with E-state index in [2.05, 4.69) is 5.32 Å². The van der Waals surface area contributed by atoms with E-state index < -0.39 is 5.54 Å². The number of carbonyl (C=O) groups excluding carboxylic acids is 2. The molecule has 3 aliphatic rings. The number of carbonyl (C=O) groups is 2. The van der Waals surface area contributed by atoms with Crippen molar-refractivity contribution in [2.45, 2.75) is 63.5 Å². The lowest BCUT2D eigenvalue weighted by Crippen LogP contribution is -2.70.